The molecule has 0 aromatic heterocycles. The summed E-state index contributed by atoms with van der Waals surface area (Å²) in [4.78, 5) is 0. The molecule has 17 heavy (non-hydrogen) atoms. The Hall–Kier alpha value is -1.42. The number of hydrogen-bond donors (Lipinski definition) is 0. The lowest BCUT2D eigenvalue weighted by atomic mass is 10.0. The van der Waals surface area contributed by atoms with Crippen molar-refractivity contribution in [2.24, 2.45) is 0 Å². The zero-order valence-corrected chi connectivity index (χ0v) is 9.79. The molecule has 3 saturated heterocycles. The van der Waals surface area contributed by atoms with Crippen LogP contribution in [-0.4, -0.2) is 24.6 Å². The summed E-state index contributed by atoms with van der Waals surface area (Å²) in [7, 11) is 0. The van der Waals surface area contributed by atoms with Crippen LogP contribution in [0.15, 0.2) is 11.8 Å². The summed E-state index contributed by atoms with van der Waals surface area (Å²) in [5, 5.41) is 0. The van der Waals surface area contributed by atoms with Gasteiger partial charge in [0.2, 0.25) is 5.79 Å². The Morgan fingerprint density at radius 2 is 2.29 bits per heavy atom. The Morgan fingerprint density at radius 1 is 1.35 bits per heavy atom. The van der Waals surface area contributed by atoms with Crippen LogP contribution in [0.3, 0.4) is 0 Å². The molecule has 1 spiro atoms. The number of ether oxygens (including phenoxy) is 3. The fraction of sp³-hybridized carbons (Fsp3) is 0.571. The lowest BCUT2D eigenvalue weighted by Gasteiger charge is -2.33. The molecule has 0 amide bonds. The third-order valence-corrected chi connectivity index (χ3v) is 3.24. The normalized spacial score (nSPS) is 39.7. The van der Waals surface area contributed by atoms with Crippen LogP contribution in [-0.2, 0) is 14.2 Å². The monoisotopic (exact) mass is 230 g/mol. The Kier molecular flexibility index (Phi) is 2.59. The summed E-state index contributed by atoms with van der Waals surface area (Å²) in [5.41, 5.74) is 0. The van der Waals surface area contributed by atoms with Crippen molar-refractivity contribution < 1.29 is 14.2 Å². The first-order valence-corrected chi connectivity index (χ1v) is 5.96. The summed E-state index contributed by atoms with van der Waals surface area (Å²) in [6, 6.07) is 0. The smallest absolute Gasteiger partial charge is 0.239 e. The summed E-state index contributed by atoms with van der Waals surface area (Å²) in [6.07, 6.45) is 5.03. The van der Waals surface area contributed by atoms with Gasteiger partial charge in [0.25, 0.3) is 0 Å². The Morgan fingerprint density at radius 3 is 3.06 bits per heavy atom. The molecular formula is C14H14O3. The van der Waals surface area contributed by atoms with Crippen molar-refractivity contribution in [3.05, 3.63) is 11.8 Å². The third kappa shape index (κ3) is 1.82. The molecule has 3 aliphatic rings. The van der Waals surface area contributed by atoms with E-state index in [1.165, 1.54) is 0 Å². The highest BCUT2D eigenvalue weighted by Gasteiger charge is 2.66. The fourth-order valence-corrected chi connectivity index (χ4v) is 2.39. The van der Waals surface area contributed by atoms with Crippen LogP contribution in [0.5, 0.6) is 0 Å². The maximum atomic E-state index is 5.90. The van der Waals surface area contributed by atoms with Crippen LogP contribution in [0.4, 0.5) is 0 Å². The van der Waals surface area contributed by atoms with E-state index in [4.69, 9.17) is 14.2 Å². The fourth-order valence-electron chi connectivity index (χ4n) is 2.39. The van der Waals surface area contributed by atoms with Gasteiger partial charge >= 0.3 is 0 Å². The van der Waals surface area contributed by atoms with E-state index in [1.54, 1.807) is 13.0 Å². The molecule has 0 saturated carbocycles. The lowest BCUT2D eigenvalue weighted by molar-refractivity contribution is -0.240. The van der Waals surface area contributed by atoms with Gasteiger partial charge in [-0.15, -0.1) is 0 Å². The van der Waals surface area contributed by atoms with Crippen molar-refractivity contribution in [2.45, 2.75) is 44.2 Å². The van der Waals surface area contributed by atoms with Crippen LogP contribution >= 0.6 is 0 Å². The van der Waals surface area contributed by atoms with Crippen molar-refractivity contribution in [2.75, 3.05) is 6.61 Å². The van der Waals surface area contributed by atoms with Crippen LogP contribution in [0.25, 0.3) is 0 Å². The molecule has 1 unspecified atom stereocenters. The van der Waals surface area contributed by atoms with Crippen molar-refractivity contribution in [1.82, 2.24) is 0 Å². The third-order valence-electron chi connectivity index (χ3n) is 3.24. The van der Waals surface area contributed by atoms with Gasteiger partial charge in [-0.25, -0.2) is 0 Å². The molecule has 0 aromatic carbocycles. The minimum absolute atomic E-state index is 0.0528. The average Bonchev–Trinajstić information content (AvgIpc) is 3.10. The van der Waals surface area contributed by atoms with Gasteiger partial charge in [0.15, 0.2) is 6.10 Å². The van der Waals surface area contributed by atoms with E-state index >= 15 is 0 Å². The minimum Gasteiger partial charge on any atom is -0.460 e. The molecule has 0 bridgehead atoms. The van der Waals surface area contributed by atoms with Gasteiger partial charge in [0, 0.05) is 12.5 Å². The van der Waals surface area contributed by atoms with E-state index in [9.17, 15) is 0 Å². The highest BCUT2D eigenvalue weighted by Crippen LogP contribution is 2.52. The van der Waals surface area contributed by atoms with Crippen LogP contribution in [0, 0.1) is 23.7 Å². The van der Waals surface area contributed by atoms with Gasteiger partial charge in [-0.1, -0.05) is 11.8 Å². The maximum Gasteiger partial charge on any atom is 0.239 e. The number of fused-ring (bicyclic) bond motifs is 2. The quantitative estimate of drug-likeness (QED) is 0.468. The van der Waals surface area contributed by atoms with Gasteiger partial charge in [0.1, 0.15) is 11.9 Å². The summed E-state index contributed by atoms with van der Waals surface area (Å²) in [5.74, 6) is 11.3. The second-order valence-electron chi connectivity index (χ2n) is 4.39. The predicted octanol–water partition coefficient (Wildman–Crippen LogP) is 1.59. The zero-order chi connectivity index (χ0) is 11.7. The molecule has 3 fully saturated rings. The summed E-state index contributed by atoms with van der Waals surface area (Å²) >= 11 is 0. The first kappa shape index (κ1) is 10.7. The first-order valence-electron chi connectivity index (χ1n) is 5.96. The molecule has 0 aliphatic carbocycles. The minimum atomic E-state index is -0.521. The van der Waals surface area contributed by atoms with Gasteiger partial charge in [-0.2, -0.15) is 0 Å². The molecule has 0 aromatic rings. The van der Waals surface area contributed by atoms with Crippen molar-refractivity contribution in [3.8, 4) is 23.7 Å². The van der Waals surface area contributed by atoms with E-state index in [2.05, 4.69) is 23.7 Å². The predicted molar refractivity (Wildman–Crippen MR) is 61.6 cm³/mol. The SMILES string of the molecule is CC#CC#C/C=C1/O[C@@]2(CCCCO2)[C@@H]2OC12. The highest BCUT2D eigenvalue weighted by atomic mass is 16.8. The molecule has 3 atom stereocenters. The number of epoxide rings is 1. The molecule has 0 N–H and O–H groups in total. The van der Waals surface area contributed by atoms with Gasteiger partial charge < -0.3 is 14.2 Å². The largest absolute Gasteiger partial charge is 0.460 e. The van der Waals surface area contributed by atoms with E-state index in [0.717, 1.165) is 31.6 Å². The van der Waals surface area contributed by atoms with Crippen LogP contribution < -0.4 is 0 Å². The summed E-state index contributed by atoms with van der Waals surface area (Å²) in [6.45, 7) is 2.52. The Balaban J connectivity index is 1.74. The van der Waals surface area contributed by atoms with Crippen molar-refractivity contribution in [1.29, 1.82) is 0 Å². The average molecular weight is 230 g/mol. The molecule has 3 nitrogen and oxygen atoms in total. The maximum absolute atomic E-state index is 5.90. The highest BCUT2D eigenvalue weighted by molar-refractivity contribution is 5.34. The molecule has 0 radical (unpaired) electrons. The first-order chi connectivity index (χ1) is 8.36. The van der Waals surface area contributed by atoms with Crippen molar-refractivity contribution in [3.63, 3.8) is 0 Å². The Bertz CT molecular complexity index is 463. The molecule has 3 aliphatic heterocycles. The molecule has 3 heterocycles. The van der Waals surface area contributed by atoms with E-state index in [0.29, 0.717) is 0 Å². The number of hydrogen-bond acceptors (Lipinski definition) is 3. The van der Waals surface area contributed by atoms with Gasteiger partial charge in [-0.3, -0.25) is 0 Å². The molecule has 3 rings (SSSR count). The molecular weight excluding hydrogens is 216 g/mol. The van der Waals surface area contributed by atoms with Crippen LogP contribution in [0.1, 0.15) is 26.2 Å². The second-order valence-corrected chi connectivity index (χ2v) is 4.39. The topological polar surface area (TPSA) is 31.0 Å². The van der Waals surface area contributed by atoms with E-state index in [-0.39, 0.29) is 12.2 Å². The van der Waals surface area contributed by atoms with E-state index < -0.39 is 5.79 Å². The number of rotatable bonds is 0. The van der Waals surface area contributed by atoms with Gasteiger partial charge in [-0.05, 0) is 31.6 Å². The zero-order valence-electron chi connectivity index (χ0n) is 9.79. The van der Waals surface area contributed by atoms with Crippen LogP contribution in [0.2, 0.25) is 0 Å². The summed E-state index contributed by atoms with van der Waals surface area (Å²) < 4.78 is 17.3. The van der Waals surface area contributed by atoms with Crippen molar-refractivity contribution >= 4 is 0 Å². The second kappa shape index (κ2) is 4.11. The molecule has 88 valence electrons. The molecule has 3 heteroatoms. The Labute approximate surface area is 101 Å². The standard InChI is InChI=1S/C14H14O3/c1-2-3-4-5-8-11-12-13(16-12)14(17-11)9-6-7-10-15-14/h8,12-13H,6-7,9-10H2,1H3/b11-8+/t12?,13-,14+/m1/s1. The lowest BCUT2D eigenvalue weighted by Crippen LogP contribution is -2.41. The number of allylic oxidation sites excluding steroid dienone is 1. The van der Waals surface area contributed by atoms with Gasteiger partial charge in [0.05, 0.1) is 6.61 Å². The van der Waals surface area contributed by atoms with E-state index in [1.807, 2.05) is 0 Å².